The van der Waals surface area contributed by atoms with Gasteiger partial charge in [0, 0.05) is 11.1 Å². The van der Waals surface area contributed by atoms with Gasteiger partial charge in [-0.3, -0.25) is 0 Å². The van der Waals surface area contributed by atoms with Crippen molar-refractivity contribution in [1.29, 1.82) is 0 Å². The van der Waals surface area contributed by atoms with Gasteiger partial charge in [0.05, 0.1) is 0 Å². The molecule has 0 saturated heterocycles. The summed E-state index contributed by atoms with van der Waals surface area (Å²) >= 11 is 0. The molecule has 0 aliphatic carbocycles. The highest BCUT2D eigenvalue weighted by atomic mass is 16.7. The fourth-order valence-electron chi connectivity index (χ4n) is 2.88. The molecule has 3 rings (SSSR count). The number of aryl methyl sites for hydroxylation is 4. The fourth-order valence-corrected chi connectivity index (χ4v) is 2.88. The Bertz CT molecular complexity index is 599. The zero-order valence-electron chi connectivity index (χ0n) is 11.8. The number of fused-ring (bicyclic) bond motifs is 3. The lowest BCUT2D eigenvalue weighted by Gasteiger charge is -2.14. The Hall–Kier alpha value is -1.96. The van der Waals surface area contributed by atoms with Gasteiger partial charge in [-0.2, -0.15) is 0 Å². The van der Waals surface area contributed by atoms with Crippen molar-refractivity contribution in [1.82, 2.24) is 0 Å². The predicted octanol–water partition coefficient (Wildman–Crippen LogP) is 4.32. The Labute approximate surface area is 114 Å². The molecule has 0 radical (unpaired) electrons. The highest BCUT2D eigenvalue weighted by Crippen LogP contribution is 2.43. The summed E-state index contributed by atoms with van der Waals surface area (Å²) in [5.74, 6) is 1.84. The van der Waals surface area contributed by atoms with Gasteiger partial charge in [0.2, 0.25) is 6.79 Å². The second kappa shape index (κ2) is 4.30. The van der Waals surface area contributed by atoms with Crippen molar-refractivity contribution in [2.24, 2.45) is 0 Å². The van der Waals surface area contributed by atoms with Crippen molar-refractivity contribution < 1.29 is 9.47 Å². The van der Waals surface area contributed by atoms with Crippen molar-refractivity contribution >= 4 is 0 Å². The molecule has 0 spiro atoms. The Balaban J connectivity index is 2.36. The van der Waals surface area contributed by atoms with E-state index in [1.807, 2.05) is 0 Å². The lowest BCUT2D eigenvalue weighted by atomic mass is 9.92. The summed E-state index contributed by atoms with van der Waals surface area (Å²) in [5, 5.41) is 0. The first-order chi connectivity index (χ1) is 9.06. The van der Waals surface area contributed by atoms with Crippen LogP contribution in [0.2, 0.25) is 0 Å². The zero-order valence-corrected chi connectivity index (χ0v) is 11.8. The molecule has 2 aromatic rings. The maximum Gasteiger partial charge on any atom is 0.230 e. The van der Waals surface area contributed by atoms with Crippen LogP contribution in [0.25, 0.3) is 11.1 Å². The quantitative estimate of drug-likeness (QED) is 0.697. The normalized spacial score (nSPS) is 12.8. The summed E-state index contributed by atoms with van der Waals surface area (Å²) in [6, 6.07) is 8.55. The average Bonchev–Trinajstić information content (AvgIpc) is 2.47. The van der Waals surface area contributed by atoms with Gasteiger partial charge in [-0.25, -0.2) is 0 Å². The first kappa shape index (κ1) is 12.1. The van der Waals surface area contributed by atoms with E-state index in [4.69, 9.17) is 9.47 Å². The molecule has 1 aliphatic rings. The molecule has 2 aromatic carbocycles. The van der Waals surface area contributed by atoms with Crippen molar-refractivity contribution in [2.75, 3.05) is 6.79 Å². The minimum Gasteiger partial charge on any atom is -0.457 e. The molecule has 0 bridgehead atoms. The molecule has 98 valence electrons. The summed E-state index contributed by atoms with van der Waals surface area (Å²) in [7, 11) is 0. The van der Waals surface area contributed by atoms with Crippen molar-refractivity contribution in [3.63, 3.8) is 0 Å². The van der Waals surface area contributed by atoms with Gasteiger partial charge in [0.15, 0.2) is 0 Å². The molecule has 0 aromatic heterocycles. The maximum absolute atomic E-state index is 5.77. The van der Waals surface area contributed by atoms with E-state index < -0.39 is 0 Å². The van der Waals surface area contributed by atoms with Crippen LogP contribution in [0.15, 0.2) is 24.3 Å². The van der Waals surface area contributed by atoms with E-state index in [0.29, 0.717) is 0 Å². The van der Waals surface area contributed by atoms with Crippen LogP contribution in [0.5, 0.6) is 11.5 Å². The van der Waals surface area contributed by atoms with Crippen LogP contribution in [0.4, 0.5) is 0 Å². The van der Waals surface area contributed by atoms with E-state index in [1.165, 1.54) is 22.3 Å². The molecule has 0 amide bonds. The fraction of sp³-hybridized carbons (Fsp3) is 0.294. The second-order valence-corrected chi connectivity index (χ2v) is 5.32. The molecule has 19 heavy (non-hydrogen) atoms. The first-order valence-corrected chi connectivity index (χ1v) is 6.54. The summed E-state index contributed by atoms with van der Waals surface area (Å²) in [4.78, 5) is 0. The third kappa shape index (κ3) is 1.97. The molecule has 0 unspecified atom stereocenters. The van der Waals surface area contributed by atoms with Crippen molar-refractivity contribution in [2.45, 2.75) is 27.7 Å². The SMILES string of the molecule is Cc1cc(C)c2c(c1)OCOc1cc(C)cc(C)c1-2. The largest absolute Gasteiger partial charge is 0.457 e. The maximum atomic E-state index is 5.77. The molecule has 1 aliphatic heterocycles. The van der Waals surface area contributed by atoms with Crippen LogP contribution in [-0.2, 0) is 0 Å². The third-order valence-corrected chi connectivity index (χ3v) is 3.57. The van der Waals surface area contributed by atoms with Crippen molar-refractivity contribution in [3.8, 4) is 22.6 Å². The molecule has 2 nitrogen and oxygen atoms in total. The van der Waals surface area contributed by atoms with Gasteiger partial charge in [-0.15, -0.1) is 0 Å². The Morgan fingerprint density at radius 1 is 0.684 bits per heavy atom. The molecule has 0 N–H and O–H groups in total. The second-order valence-electron chi connectivity index (χ2n) is 5.32. The molecule has 0 atom stereocenters. The molecule has 1 heterocycles. The van der Waals surface area contributed by atoms with Crippen molar-refractivity contribution in [3.05, 3.63) is 46.5 Å². The number of benzene rings is 2. The average molecular weight is 254 g/mol. The summed E-state index contributed by atoms with van der Waals surface area (Å²) < 4.78 is 11.5. The predicted molar refractivity (Wildman–Crippen MR) is 76.9 cm³/mol. The van der Waals surface area contributed by atoms with Crippen LogP contribution in [-0.4, -0.2) is 6.79 Å². The Kier molecular flexibility index (Phi) is 2.74. The van der Waals surface area contributed by atoms with Crippen LogP contribution >= 0.6 is 0 Å². The van der Waals surface area contributed by atoms with Crippen LogP contribution in [0.1, 0.15) is 22.3 Å². The summed E-state index contributed by atoms with van der Waals surface area (Å²) in [5.41, 5.74) is 7.21. The minimum absolute atomic E-state index is 0.270. The van der Waals surface area contributed by atoms with E-state index in [2.05, 4.69) is 52.0 Å². The van der Waals surface area contributed by atoms with Gasteiger partial charge in [-0.1, -0.05) is 12.1 Å². The van der Waals surface area contributed by atoms with Gasteiger partial charge >= 0.3 is 0 Å². The number of hydrogen-bond donors (Lipinski definition) is 0. The van der Waals surface area contributed by atoms with Gasteiger partial charge in [-0.05, 0) is 62.1 Å². The van der Waals surface area contributed by atoms with E-state index in [-0.39, 0.29) is 6.79 Å². The van der Waals surface area contributed by atoms with Gasteiger partial charge in [0.25, 0.3) is 0 Å². The van der Waals surface area contributed by atoms with E-state index >= 15 is 0 Å². The Morgan fingerprint density at radius 3 is 1.53 bits per heavy atom. The van der Waals surface area contributed by atoms with E-state index in [1.54, 1.807) is 0 Å². The van der Waals surface area contributed by atoms with Gasteiger partial charge in [0.1, 0.15) is 11.5 Å². The van der Waals surface area contributed by atoms with Crippen LogP contribution in [0, 0.1) is 27.7 Å². The molecular formula is C17H18O2. The summed E-state index contributed by atoms with van der Waals surface area (Å²) in [6.07, 6.45) is 0. The smallest absolute Gasteiger partial charge is 0.230 e. The zero-order chi connectivity index (χ0) is 13.6. The molecular weight excluding hydrogens is 236 g/mol. The monoisotopic (exact) mass is 254 g/mol. The van der Waals surface area contributed by atoms with E-state index in [0.717, 1.165) is 22.6 Å². The topological polar surface area (TPSA) is 18.5 Å². The Morgan fingerprint density at radius 2 is 1.11 bits per heavy atom. The number of ether oxygens (including phenoxy) is 2. The molecule has 0 saturated carbocycles. The lowest BCUT2D eigenvalue weighted by molar-refractivity contribution is 0.124. The van der Waals surface area contributed by atoms with Crippen LogP contribution in [0.3, 0.4) is 0 Å². The van der Waals surface area contributed by atoms with E-state index in [9.17, 15) is 0 Å². The molecule has 2 heteroatoms. The number of rotatable bonds is 0. The first-order valence-electron chi connectivity index (χ1n) is 6.54. The highest BCUT2D eigenvalue weighted by Gasteiger charge is 2.21. The van der Waals surface area contributed by atoms with Gasteiger partial charge < -0.3 is 9.47 Å². The standard InChI is InChI=1S/C17H18O2/c1-10-5-12(3)16-14(7-10)18-9-19-15-8-11(2)6-13(4)17(15)16/h5-8H,9H2,1-4H3. The highest BCUT2D eigenvalue weighted by molar-refractivity contribution is 5.82. The number of hydrogen-bond acceptors (Lipinski definition) is 2. The third-order valence-electron chi connectivity index (χ3n) is 3.57. The minimum atomic E-state index is 0.270. The summed E-state index contributed by atoms with van der Waals surface area (Å²) in [6.45, 7) is 8.70. The lowest BCUT2D eigenvalue weighted by Crippen LogP contribution is -2.03. The molecule has 0 fully saturated rings. The van der Waals surface area contributed by atoms with Crippen LogP contribution < -0.4 is 9.47 Å².